The van der Waals surface area contributed by atoms with Crippen LogP contribution in [-0.4, -0.2) is 17.2 Å². The maximum absolute atomic E-state index is 6.17. The maximum Gasteiger partial charge on any atom is 0.0834 e. The summed E-state index contributed by atoms with van der Waals surface area (Å²) in [5.41, 5.74) is 0.981. The quantitative estimate of drug-likeness (QED) is 0.860. The summed E-state index contributed by atoms with van der Waals surface area (Å²) < 4.78 is 6.17. The number of ether oxygens (including phenoxy) is 1. The highest BCUT2D eigenvalue weighted by Crippen LogP contribution is 2.39. The molecule has 1 aliphatic rings. The molecular formula is C18H23NO. The van der Waals surface area contributed by atoms with E-state index in [0.29, 0.717) is 6.04 Å². The Morgan fingerprint density at radius 2 is 1.70 bits per heavy atom. The zero-order valence-corrected chi connectivity index (χ0v) is 12.7. The lowest BCUT2D eigenvalue weighted by atomic mass is 9.94. The van der Waals surface area contributed by atoms with Crippen LogP contribution in [0, 0.1) is 0 Å². The van der Waals surface area contributed by atoms with E-state index in [2.05, 4.69) is 75.5 Å². The van der Waals surface area contributed by atoms with Crippen molar-refractivity contribution in [2.75, 3.05) is 5.32 Å². The highest BCUT2D eigenvalue weighted by molar-refractivity contribution is 5.93. The second kappa shape index (κ2) is 4.49. The highest BCUT2D eigenvalue weighted by atomic mass is 16.5. The second-order valence-electron chi connectivity index (χ2n) is 6.89. The highest BCUT2D eigenvalue weighted by Gasteiger charge is 2.45. The van der Waals surface area contributed by atoms with Gasteiger partial charge in [0.15, 0.2) is 0 Å². The number of hydrogen-bond donors (Lipinski definition) is 1. The third-order valence-electron chi connectivity index (χ3n) is 4.19. The Labute approximate surface area is 121 Å². The Bertz CT molecular complexity index is 625. The summed E-state index contributed by atoms with van der Waals surface area (Å²) in [5, 5.41) is 6.25. The van der Waals surface area contributed by atoms with Gasteiger partial charge in [-0.05, 0) is 45.6 Å². The van der Waals surface area contributed by atoms with E-state index in [1.54, 1.807) is 0 Å². The number of rotatable bonds is 2. The summed E-state index contributed by atoms with van der Waals surface area (Å²) in [6.07, 6.45) is 1.02. The maximum atomic E-state index is 6.17. The van der Waals surface area contributed by atoms with E-state index in [1.165, 1.54) is 16.5 Å². The number of anilines is 1. The van der Waals surface area contributed by atoms with Gasteiger partial charge in [-0.1, -0.05) is 36.4 Å². The van der Waals surface area contributed by atoms with Crippen molar-refractivity contribution in [3.63, 3.8) is 0 Å². The Morgan fingerprint density at radius 1 is 1.00 bits per heavy atom. The zero-order valence-electron chi connectivity index (χ0n) is 12.7. The minimum Gasteiger partial charge on any atom is -0.379 e. The molecule has 1 unspecified atom stereocenters. The van der Waals surface area contributed by atoms with E-state index in [9.17, 15) is 0 Å². The van der Waals surface area contributed by atoms with Crippen molar-refractivity contribution in [3.8, 4) is 0 Å². The van der Waals surface area contributed by atoms with Crippen LogP contribution in [0.15, 0.2) is 42.5 Å². The Kier molecular flexibility index (Phi) is 3.02. The molecule has 1 heterocycles. The third kappa shape index (κ3) is 2.40. The molecule has 1 aliphatic heterocycles. The average molecular weight is 269 g/mol. The molecule has 1 saturated heterocycles. The van der Waals surface area contributed by atoms with Crippen molar-refractivity contribution < 1.29 is 4.74 Å². The summed E-state index contributed by atoms with van der Waals surface area (Å²) in [6, 6.07) is 15.2. The minimum absolute atomic E-state index is 0.0637. The van der Waals surface area contributed by atoms with Crippen LogP contribution >= 0.6 is 0 Å². The molecule has 106 valence electrons. The SMILES string of the molecule is CC1(C)CC(Nc2cccc3ccccc23)C(C)(C)O1. The van der Waals surface area contributed by atoms with E-state index in [-0.39, 0.29) is 11.2 Å². The first kappa shape index (κ1) is 13.4. The molecule has 1 atom stereocenters. The van der Waals surface area contributed by atoms with E-state index < -0.39 is 0 Å². The molecule has 0 aliphatic carbocycles. The van der Waals surface area contributed by atoms with Crippen molar-refractivity contribution in [1.82, 2.24) is 0 Å². The van der Waals surface area contributed by atoms with Crippen LogP contribution in [0.3, 0.4) is 0 Å². The second-order valence-corrected chi connectivity index (χ2v) is 6.89. The molecule has 2 nitrogen and oxygen atoms in total. The van der Waals surface area contributed by atoms with Gasteiger partial charge in [-0.3, -0.25) is 0 Å². The number of fused-ring (bicyclic) bond motifs is 1. The number of hydrogen-bond acceptors (Lipinski definition) is 2. The fourth-order valence-electron chi connectivity index (χ4n) is 3.33. The number of benzene rings is 2. The molecule has 1 fully saturated rings. The predicted octanol–water partition coefficient (Wildman–Crippen LogP) is 4.60. The molecule has 0 radical (unpaired) electrons. The summed E-state index contributed by atoms with van der Waals surface area (Å²) in [4.78, 5) is 0. The van der Waals surface area contributed by atoms with E-state index in [0.717, 1.165) is 6.42 Å². The first-order valence-electron chi connectivity index (χ1n) is 7.32. The van der Waals surface area contributed by atoms with Gasteiger partial charge in [-0.15, -0.1) is 0 Å². The van der Waals surface area contributed by atoms with Gasteiger partial charge in [0.1, 0.15) is 0 Å². The molecule has 20 heavy (non-hydrogen) atoms. The van der Waals surface area contributed by atoms with Gasteiger partial charge in [-0.2, -0.15) is 0 Å². The van der Waals surface area contributed by atoms with Gasteiger partial charge in [0.25, 0.3) is 0 Å². The molecule has 0 bridgehead atoms. The van der Waals surface area contributed by atoms with Gasteiger partial charge in [0, 0.05) is 11.1 Å². The molecule has 3 rings (SSSR count). The smallest absolute Gasteiger partial charge is 0.0834 e. The van der Waals surface area contributed by atoms with Crippen molar-refractivity contribution in [2.24, 2.45) is 0 Å². The van der Waals surface area contributed by atoms with Crippen LogP contribution < -0.4 is 5.32 Å². The van der Waals surface area contributed by atoms with Gasteiger partial charge in [0.05, 0.1) is 17.2 Å². The Balaban J connectivity index is 1.94. The first-order valence-corrected chi connectivity index (χ1v) is 7.32. The number of nitrogens with one attached hydrogen (secondary N) is 1. The molecule has 2 heteroatoms. The molecule has 0 spiro atoms. The van der Waals surface area contributed by atoms with Crippen LogP contribution in [0.1, 0.15) is 34.1 Å². The average Bonchev–Trinajstić information content (AvgIpc) is 2.57. The Morgan fingerprint density at radius 3 is 2.40 bits per heavy atom. The topological polar surface area (TPSA) is 21.3 Å². The lowest BCUT2D eigenvalue weighted by Crippen LogP contribution is -2.38. The summed E-state index contributed by atoms with van der Waals surface area (Å²) in [7, 11) is 0. The van der Waals surface area contributed by atoms with Crippen molar-refractivity contribution in [2.45, 2.75) is 51.4 Å². The van der Waals surface area contributed by atoms with Gasteiger partial charge in [0.2, 0.25) is 0 Å². The van der Waals surface area contributed by atoms with Crippen LogP contribution in [0.25, 0.3) is 10.8 Å². The van der Waals surface area contributed by atoms with E-state index >= 15 is 0 Å². The summed E-state index contributed by atoms with van der Waals surface area (Å²) in [5.74, 6) is 0. The fourth-order valence-corrected chi connectivity index (χ4v) is 3.33. The van der Waals surface area contributed by atoms with Gasteiger partial charge >= 0.3 is 0 Å². The van der Waals surface area contributed by atoms with Crippen LogP contribution in [0.4, 0.5) is 5.69 Å². The van der Waals surface area contributed by atoms with Crippen molar-refractivity contribution in [3.05, 3.63) is 42.5 Å². The van der Waals surface area contributed by atoms with Crippen LogP contribution in [0.2, 0.25) is 0 Å². The third-order valence-corrected chi connectivity index (χ3v) is 4.19. The normalized spacial score (nSPS) is 23.9. The van der Waals surface area contributed by atoms with Crippen molar-refractivity contribution >= 4 is 16.5 Å². The first-order chi connectivity index (χ1) is 9.37. The molecule has 1 N–H and O–H groups in total. The largest absolute Gasteiger partial charge is 0.379 e. The minimum atomic E-state index is -0.152. The fraction of sp³-hybridized carbons (Fsp3) is 0.444. The lowest BCUT2D eigenvalue weighted by Gasteiger charge is -2.28. The molecule has 0 amide bonds. The summed E-state index contributed by atoms with van der Waals surface area (Å²) in [6.45, 7) is 8.67. The van der Waals surface area contributed by atoms with E-state index in [1.807, 2.05) is 0 Å². The molecule has 2 aromatic rings. The van der Waals surface area contributed by atoms with E-state index in [4.69, 9.17) is 4.74 Å². The van der Waals surface area contributed by atoms with Crippen LogP contribution in [-0.2, 0) is 4.74 Å². The van der Waals surface area contributed by atoms with Gasteiger partial charge < -0.3 is 10.1 Å². The predicted molar refractivity (Wildman–Crippen MR) is 85.2 cm³/mol. The van der Waals surface area contributed by atoms with Gasteiger partial charge in [-0.25, -0.2) is 0 Å². The monoisotopic (exact) mass is 269 g/mol. The lowest BCUT2D eigenvalue weighted by molar-refractivity contribution is -0.0662. The summed E-state index contributed by atoms with van der Waals surface area (Å²) >= 11 is 0. The molecular weight excluding hydrogens is 246 g/mol. The molecule has 0 saturated carbocycles. The molecule has 0 aromatic heterocycles. The molecule has 2 aromatic carbocycles. The van der Waals surface area contributed by atoms with Crippen LogP contribution in [0.5, 0.6) is 0 Å². The zero-order chi connectivity index (χ0) is 14.4. The Hall–Kier alpha value is -1.54. The van der Waals surface area contributed by atoms with Crippen molar-refractivity contribution in [1.29, 1.82) is 0 Å². The standard InChI is InChI=1S/C18H23NO/c1-17(2)12-16(18(3,4)20-17)19-15-11-7-9-13-8-5-6-10-14(13)15/h5-11,16,19H,12H2,1-4H3.